The van der Waals surface area contributed by atoms with Gasteiger partial charge in [0.1, 0.15) is 11.5 Å². The largest absolute Gasteiger partial charge is 0.467 e. The molecule has 0 saturated carbocycles. The molecule has 3 aromatic rings. The van der Waals surface area contributed by atoms with E-state index in [-0.39, 0.29) is 5.91 Å². The highest BCUT2D eigenvalue weighted by molar-refractivity contribution is 7.15. The number of aromatic nitrogens is 3. The van der Waals surface area contributed by atoms with Crippen molar-refractivity contribution >= 4 is 34.6 Å². The number of aliphatic imine (C=N–C) groups is 1. The SMILES string of the molecule is COc1nnc2n1-c1sc(CCC(=O)N3CCN(C)CC3)cc1C(c1ccccc1Cl)=NC2. The smallest absolute Gasteiger partial charge is 0.322 e. The van der Waals surface area contributed by atoms with Crippen LogP contribution in [0.25, 0.3) is 5.00 Å². The number of ether oxygens (including phenoxy) is 1. The number of carbonyl (C=O) groups excluding carboxylic acids is 1. The van der Waals surface area contributed by atoms with E-state index in [9.17, 15) is 4.79 Å². The highest BCUT2D eigenvalue weighted by Gasteiger charge is 2.27. The summed E-state index contributed by atoms with van der Waals surface area (Å²) in [4.78, 5) is 23.0. The summed E-state index contributed by atoms with van der Waals surface area (Å²) in [6.07, 6.45) is 1.15. The Bertz CT molecular complexity index is 1210. The van der Waals surface area contributed by atoms with E-state index in [0.29, 0.717) is 36.2 Å². The summed E-state index contributed by atoms with van der Waals surface area (Å²) in [7, 11) is 3.67. The number of benzene rings is 1. The van der Waals surface area contributed by atoms with Crippen LogP contribution in [-0.2, 0) is 17.8 Å². The molecule has 2 aliphatic rings. The third kappa shape index (κ3) is 4.28. The van der Waals surface area contributed by atoms with Gasteiger partial charge in [0, 0.05) is 53.6 Å². The average molecular weight is 485 g/mol. The number of likely N-dealkylation sites (N-methyl/N-ethyl adjacent to an activating group) is 1. The van der Waals surface area contributed by atoms with Gasteiger partial charge in [0.15, 0.2) is 5.82 Å². The van der Waals surface area contributed by atoms with Crippen molar-refractivity contribution in [3.63, 3.8) is 0 Å². The van der Waals surface area contributed by atoms with Crippen LogP contribution in [0.15, 0.2) is 35.3 Å². The Balaban J connectivity index is 1.47. The number of nitrogens with zero attached hydrogens (tertiary/aromatic N) is 6. The van der Waals surface area contributed by atoms with Crippen molar-refractivity contribution in [1.82, 2.24) is 24.6 Å². The second-order valence-corrected chi connectivity index (χ2v) is 9.72. The first-order valence-corrected chi connectivity index (χ1v) is 12.1. The minimum atomic E-state index is 0.203. The van der Waals surface area contributed by atoms with Gasteiger partial charge in [-0.15, -0.1) is 16.4 Å². The molecule has 1 saturated heterocycles. The number of hydrogen-bond donors (Lipinski definition) is 0. The first kappa shape index (κ1) is 22.1. The van der Waals surface area contributed by atoms with Crippen LogP contribution < -0.4 is 4.74 Å². The zero-order valence-corrected chi connectivity index (χ0v) is 20.2. The quantitative estimate of drug-likeness (QED) is 0.556. The van der Waals surface area contributed by atoms with Crippen LogP contribution in [0.5, 0.6) is 6.01 Å². The second kappa shape index (κ2) is 9.24. The minimum Gasteiger partial charge on any atom is -0.467 e. The molecule has 172 valence electrons. The van der Waals surface area contributed by atoms with Gasteiger partial charge in [-0.25, -0.2) is 4.57 Å². The zero-order chi connectivity index (χ0) is 22.9. The monoisotopic (exact) mass is 484 g/mol. The van der Waals surface area contributed by atoms with Crippen molar-refractivity contribution in [2.75, 3.05) is 40.3 Å². The average Bonchev–Trinajstić information content (AvgIpc) is 3.39. The number of halogens is 1. The Hall–Kier alpha value is -2.75. The van der Waals surface area contributed by atoms with E-state index in [0.717, 1.165) is 52.9 Å². The lowest BCUT2D eigenvalue weighted by atomic mass is 10.0. The number of amides is 1. The molecular weight excluding hydrogens is 460 g/mol. The number of piperazine rings is 1. The number of fused-ring (bicyclic) bond motifs is 3. The van der Waals surface area contributed by atoms with Crippen LogP contribution in [0.4, 0.5) is 0 Å². The van der Waals surface area contributed by atoms with Crippen molar-refractivity contribution in [3.05, 3.63) is 57.2 Å². The van der Waals surface area contributed by atoms with E-state index in [2.05, 4.69) is 28.2 Å². The van der Waals surface area contributed by atoms with Gasteiger partial charge in [0.05, 0.1) is 12.8 Å². The van der Waals surface area contributed by atoms with Crippen LogP contribution in [0.1, 0.15) is 28.2 Å². The highest BCUT2D eigenvalue weighted by Crippen LogP contribution is 2.36. The van der Waals surface area contributed by atoms with Crippen LogP contribution in [0.3, 0.4) is 0 Å². The number of hydrogen-bond acceptors (Lipinski definition) is 7. The van der Waals surface area contributed by atoms with Crippen molar-refractivity contribution < 1.29 is 9.53 Å². The lowest BCUT2D eigenvalue weighted by molar-refractivity contribution is -0.132. The Morgan fingerprint density at radius 3 is 2.70 bits per heavy atom. The van der Waals surface area contributed by atoms with Crippen LogP contribution in [-0.4, -0.2) is 76.5 Å². The molecule has 0 radical (unpaired) electrons. The molecule has 10 heteroatoms. The molecule has 2 aromatic heterocycles. The molecule has 8 nitrogen and oxygen atoms in total. The third-order valence-corrected chi connectivity index (χ3v) is 7.56. The summed E-state index contributed by atoms with van der Waals surface area (Å²) >= 11 is 8.16. The first-order chi connectivity index (χ1) is 16.0. The van der Waals surface area contributed by atoms with E-state index in [1.165, 1.54) is 0 Å². The number of thiophene rings is 1. The molecule has 4 heterocycles. The van der Waals surface area contributed by atoms with Crippen molar-refractivity contribution in [2.24, 2.45) is 4.99 Å². The zero-order valence-electron chi connectivity index (χ0n) is 18.6. The fourth-order valence-electron chi connectivity index (χ4n) is 4.19. The molecule has 0 N–H and O–H groups in total. The maximum Gasteiger partial charge on any atom is 0.322 e. The molecule has 0 unspecified atom stereocenters. The molecule has 0 aliphatic carbocycles. The number of methoxy groups -OCH3 is 1. The maximum atomic E-state index is 12.8. The predicted molar refractivity (Wildman–Crippen MR) is 129 cm³/mol. The minimum absolute atomic E-state index is 0.203. The number of rotatable bonds is 5. The van der Waals surface area contributed by atoms with Crippen molar-refractivity contribution in [1.29, 1.82) is 0 Å². The van der Waals surface area contributed by atoms with Gasteiger partial charge in [-0.2, -0.15) is 0 Å². The van der Waals surface area contributed by atoms with Gasteiger partial charge in [-0.3, -0.25) is 9.79 Å². The molecule has 1 aromatic carbocycles. The lowest BCUT2D eigenvalue weighted by Crippen LogP contribution is -2.47. The Morgan fingerprint density at radius 2 is 1.94 bits per heavy atom. The van der Waals surface area contributed by atoms with Crippen LogP contribution >= 0.6 is 22.9 Å². The van der Waals surface area contributed by atoms with E-state index in [4.69, 9.17) is 21.3 Å². The van der Waals surface area contributed by atoms with E-state index in [1.807, 2.05) is 33.7 Å². The second-order valence-electron chi connectivity index (χ2n) is 8.20. The molecule has 2 aliphatic heterocycles. The molecule has 0 bridgehead atoms. The summed E-state index contributed by atoms with van der Waals surface area (Å²) in [5.74, 6) is 0.909. The normalized spacial score (nSPS) is 16.1. The molecule has 33 heavy (non-hydrogen) atoms. The maximum absolute atomic E-state index is 12.8. The van der Waals surface area contributed by atoms with E-state index in [1.54, 1.807) is 18.4 Å². The summed E-state index contributed by atoms with van der Waals surface area (Å²) in [6, 6.07) is 10.2. The van der Waals surface area contributed by atoms with E-state index < -0.39 is 0 Å². The summed E-state index contributed by atoms with van der Waals surface area (Å²) in [5.41, 5.74) is 2.64. The Morgan fingerprint density at radius 1 is 1.15 bits per heavy atom. The molecule has 0 atom stereocenters. The first-order valence-electron chi connectivity index (χ1n) is 10.9. The van der Waals surface area contributed by atoms with E-state index >= 15 is 0 Å². The molecule has 5 rings (SSSR count). The Kier molecular flexibility index (Phi) is 6.18. The van der Waals surface area contributed by atoms with Crippen LogP contribution in [0, 0.1) is 0 Å². The van der Waals surface area contributed by atoms with Crippen molar-refractivity contribution in [2.45, 2.75) is 19.4 Å². The standard InChI is InChI=1S/C23H25ClN6O2S/c1-28-9-11-29(12-10-28)20(31)8-7-15-13-17-21(16-5-3-4-6-18(16)24)25-14-19-26-27-23(32-2)30(19)22(17)33-15/h3-6,13H,7-12,14H2,1-2H3. The van der Waals surface area contributed by atoms with Crippen molar-refractivity contribution in [3.8, 4) is 11.0 Å². The summed E-state index contributed by atoms with van der Waals surface area (Å²) in [5, 5.41) is 10.0. The fraction of sp³-hybridized carbons (Fsp3) is 0.391. The predicted octanol–water partition coefficient (Wildman–Crippen LogP) is 3.05. The fourth-order valence-corrected chi connectivity index (χ4v) is 5.59. The van der Waals surface area contributed by atoms with Gasteiger partial charge in [-0.1, -0.05) is 34.9 Å². The van der Waals surface area contributed by atoms with Crippen LogP contribution in [0.2, 0.25) is 5.02 Å². The van der Waals surface area contributed by atoms with Gasteiger partial charge in [0.25, 0.3) is 0 Å². The summed E-state index contributed by atoms with van der Waals surface area (Å²) in [6.45, 7) is 3.80. The molecular formula is C23H25ClN6O2S. The summed E-state index contributed by atoms with van der Waals surface area (Å²) < 4.78 is 7.40. The molecule has 1 amide bonds. The number of carbonyl (C=O) groups is 1. The number of aryl methyl sites for hydroxylation is 1. The van der Waals surface area contributed by atoms with Gasteiger partial charge in [-0.05, 0) is 25.6 Å². The highest BCUT2D eigenvalue weighted by atomic mass is 35.5. The lowest BCUT2D eigenvalue weighted by Gasteiger charge is -2.32. The molecule has 0 spiro atoms. The Labute approximate surface area is 201 Å². The van der Waals surface area contributed by atoms with Gasteiger partial charge < -0.3 is 14.5 Å². The topological polar surface area (TPSA) is 75.9 Å². The van der Waals surface area contributed by atoms with Gasteiger partial charge >= 0.3 is 6.01 Å². The third-order valence-electron chi connectivity index (χ3n) is 6.05. The molecule has 1 fully saturated rings. The van der Waals surface area contributed by atoms with Gasteiger partial charge in [0.2, 0.25) is 5.91 Å².